The molecule has 0 atom stereocenters. The minimum absolute atomic E-state index is 0.0415. The molecule has 0 saturated carbocycles. The number of piperidine rings is 1. The van der Waals surface area contributed by atoms with Crippen LogP contribution in [0, 0.1) is 5.92 Å². The van der Waals surface area contributed by atoms with Crippen molar-refractivity contribution in [3.05, 3.63) is 36.7 Å². The molecule has 0 amide bonds. The minimum Gasteiger partial charge on any atom is -0.466 e. The Morgan fingerprint density at radius 3 is 2.56 bits per heavy atom. The summed E-state index contributed by atoms with van der Waals surface area (Å²) in [5, 5.41) is 0. The second kappa shape index (κ2) is 8.70. The first-order valence-corrected chi connectivity index (χ1v) is 9.50. The van der Waals surface area contributed by atoms with Crippen molar-refractivity contribution >= 4 is 29.0 Å². The number of esters is 1. The molecule has 1 aliphatic rings. The Labute approximate surface area is 160 Å². The highest BCUT2D eigenvalue weighted by molar-refractivity contribution is 5.80. The van der Waals surface area contributed by atoms with Crippen LogP contribution in [-0.2, 0) is 9.53 Å². The lowest BCUT2D eigenvalue weighted by Gasteiger charge is -2.33. The van der Waals surface area contributed by atoms with Crippen LogP contribution in [0.2, 0.25) is 0 Å². The van der Waals surface area contributed by atoms with Crippen LogP contribution in [0.25, 0.3) is 0 Å². The van der Waals surface area contributed by atoms with Crippen LogP contribution in [-0.4, -0.2) is 42.2 Å². The van der Waals surface area contributed by atoms with Gasteiger partial charge >= 0.3 is 5.97 Å². The quantitative estimate of drug-likeness (QED) is 0.784. The number of carbonyl (C=O) groups excluding carboxylic acids is 1. The standard InChI is InChI=1S/C20H27N5O2/c1-3-25(16-8-6-5-7-9-16)19-17(21)18(22-14-23-19)24-12-10-15(11-13-24)20(26)27-4-2/h5-9,14-15H,3-4,10-13,21H2,1-2H3. The lowest BCUT2D eigenvalue weighted by Crippen LogP contribution is -2.38. The molecule has 1 fully saturated rings. The van der Waals surface area contributed by atoms with Crippen molar-refractivity contribution < 1.29 is 9.53 Å². The van der Waals surface area contributed by atoms with Gasteiger partial charge in [-0.3, -0.25) is 4.79 Å². The third-order valence-electron chi connectivity index (χ3n) is 4.90. The fourth-order valence-corrected chi connectivity index (χ4v) is 3.49. The zero-order valence-electron chi connectivity index (χ0n) is 16.0. The summed E-state index contributed by atoms with van der Waals surface area (Å²) in [6.07, 6.45) is 3.05. The zero-order valence-corrected chi connectivity index (χ0v) is 16.0. The maximum Gasteiger partial charge on any atom is 0.309 e. The number of nitrogens with zero attached hydrogens (tertiary/aromatic N) is 4. The normalized spacial score (nSPS) is 14.8. The van der Waals surface area contributed by atoms with Gasteiger partial charge in [-0.15, -0.1) is 0 Å². The van der Waals surface area contributed by atoms with Crippen molar-refractivity contribution in [3.63, 3.8) is 0 Å². The topological polar surface area (TPSA) is 84.6 Å². The molecule has 7 heteroatoms. The first-order chi connectivity index (χ1) is 13.2. The molecule has 27 heavy (non-hydrogen) atoms. The van der Waals surface area contributed by atoms with E-state index in [1.54, 1.807) is 6.33 Å². The van der Waals surface area contributed by atoms with E-state index < -0.39 is 0 Å². The molecular weight excluding hydrogens is 342 g/mol. The molecule has 1 aromatic heterocycles. The zero-order chi connectivity index (χ0) is 19.2. The summed E-state index contributed by atoms with van der Waals surface area (Å²) in [5.41, 5.74) is 8.08. The smallest absolute Gasteiger partial charge is 0.309 e. The van der Waals surface area contributed by atoms with Gasteiger partial charge < -0.3 is 20.3 Å². The number of aromatic nitrogens is 2. The summed E-state index contributed by atoms with van der Waals surface area (Å²) in [4.78, 5) is 25.0. The summed E-state index contributed by atoms with van der Waals surface area (Å²) < 4.78 is 5.15. The predicted molar refractivity (Wildman–Crippen MR) is 107 cm³/mol. The Morgan fingerprint density at radius 1 is 1.22 bits per heavy atom. The molecule has 3 rings (SSSR count). The number of carbonyl (C=O) groups is 1. The number of nitrogen functional groups attached to an aromatic ring is 1. The average Bonchev–Trinajstić information content (AvgIpc) is 2.71. The van der Waals surface area contributed by atoms with Gasteiger partial charge in [-0.25, -0.2) is 9.97 Å². The first-order valence-electron chi connectivity index (χ1n) is 9.50. The predicted octanol–water partition coefficient (Wildman–Crippen LogP) is 3.00. The maximum atomic E-state index is 11.9. The lowest BCUT2D eigenvalue weighted by atomic mass is 9.97. The molecule has 0 spiro atoms. The molecule has 0 unspecified atom stereocenters. The monoisotopic (exact) mass is 369 g/mol. The molecular formula is C20H27N5O2. The van der Waals surface area contributed by atoms with Gasteiger partial charge in [0.15, 0.2) is 11.6 Å². The highest BCUT2D eigenvalue weighted by Crippen LogP contribution is 2.34. The number of benzene rings is 1. The number of hydrogen-bond acceptors (Lipinski definition) is 7. The number of anilines is 4. The van der Waals surface area contributed by atoms with Crippen LogP contribution in [0.4, 0.5) is 23.0 Å². The second-order valence-corrected chi connectivity index (χ2v) is 6.53. The van der Waals surface area contributed by atoms with Crippen molar-refractivity contribution in [3.8, 4) is 0 Å². The van der Waals surface area contributed by atoms with Crippen LogP contribution in [0.1, 0.15) is 26.7 Å². The number of para-hydroxylation sites is 1. The molecule has 1 aromatic carbocycles. The van der Waals surface area contributed by atoms with E-state index in [4.69, 9.17) is 10.5 Å². The van der Waals surface area contributed by atoms with Gasteiger partial charge in [0.25, 0.3) is 0 Å². The van der Waals surface area contributed by atoms with Gasteiger partial charge in [0.2, 0.25) is 0 Å². The average molecular weight is 369 g/mol. The number of rotatable bonds is 6. The van der Waals surface area contributed by atoms with Crippen LogP contribution in [0.5, 0.6) is 0 Å². The molecule has 1 aliphatic heterocycles. The van der Waals surface area contributed by atoms with E-state index in [1.807, 2.05) is 37.3 Å². The van der Waals surface area contributed by atoms with Gasteiger partial charge in [-0.2, -0.15) is 0 Å². The Hall–Kier alpha value is -2.83. The highest BCUT2D eigenvalue weighted by Gasteiger charge is 2.28. The fourth-order valence-electron chi connectivity index (χ4n) is 3.49. The third kappa shape index (κ3) is 4.13. The van der Waals surface area contributed by atoms with E-state index in [1.165, 1.54) is 0 Å². The van der Waals surface area contributed by atoms with Crippen molar-refractivity contribution in [1.82, 2.24) is 9.97 Å². The van der Waals surface area contributed by atoms with Crippen LogP contribution in [0.3, 0.4) is 0 Å². The Kier molecular flexibility index (Phi) is 6.11. The summed E-state index contributed by atoms with van der Waals surface area (Å²) in [6.45, 7) is 6.52. The summed E-state index contributed by atoms with van der Waals surface area (Å²) >= 11 is 0. The molecule has 1 saturated heterocycles. The van der Waals surface area contributed by atoms with E-state index in [-0.39, 0.29) is 11.9 Å². The van der Waals surface area contributed by atoms with Crippen molar-refractivity contribution in [2.45, 2.75) is 26.7 Å². The SMILES string of the molecule is CCOC(=O)C1CCN(c2ncnc(N(CC)c3ccccc3)c2N)CC1. The molecule has 2 heterocycles. The summed E-state index contributed by atoms with van der Waals surface area (Å²) in [6, 6.07) is 10.1. The van der Waals surface area contributed by atoms with Crippen molar-refractivity contribution in [2.75, 3.05) is 41.8 Å². The largest absolute Gasteiger partial charge is 0.466 e. The first kappa shape index (κ1) is 18.9. The number of ether oxygens (including phenoxy) is 1. The highest BCUT2D eigenvalue weighted by atomic mass is 16.5. The number of nitrogens with two attached hydrogens (primary N) is 1. The molecule has 7 nitrogen and oxygen atoms in total. The fraction of sp³-hybridized carbons (Fsp3) is 0.450. The summed E-state index contributed by atoms with van der Waals surface area (Å²) in [5.74, 6) is 1.30. The van der Waals surface area contributed by atoms with E-state index >= 15 is 0 Å². The molecule has 144 valence electrons. The van der Waals surface area contributed by atoms with Crippen LogP contribution < -0.4 is 15.5 Å². The minimum atomic E-state index is -0.102. The second-order valence-electron chi connectivity index (χ2n) is 6.53. The Morgan fingerprint density at radius 2 is 1.93 bits per heavy atom. The van der Waals surface area contributed by atoms with Crippen molar-refractivity contribution in [1.29, 1.82) is 0 Å². The van der Waals surface area contributed by atoms with Gasteiger partial charge in [0, 0.05) is 25.3 Å². The van der Waals surface area contributed by atoms with Crippen molar-refractivity contribution in [2.24, 2.45) is 5.92 Å². The Bertz CT molecular complexity index is 760. The molecule has 0 radical (unpaired) electrons. The third-order valence-corrected chi connectivity index (χ3v) is 4.90. The maximum absolute atomic E-state index is 11.9. The van der Waals surface area contributed by atoms with Gasteiger partial charge in [0.05, 0.1) is 12.5 Å². The molecule has 0 bridgehead atoms. The van der Waals surface area contributed by atoms with Gasteiger partial charge in [-0.05, 0) is 38.8 Å². The van der Waals surface area contributed by atoms with E-state index in [2.05, 4.69) is 26.7 Å². The Balaban J connectivity index is 1.79. The van der Waals surface area contributed by atoms with Crippen LogP contribution >= 0.6 is 0 Å². The molecule has 2 aromatic rings. The van der Waals surface area contributed by atoms with E-state index in [0.29, 0.717) is 18.1 Å². The molecule has 2 N–H and O–H groups in total. The number of hydrogen-bond donors (Lipinski definition) is 1. The molecule has 0 aliphatic carbocycles. The van der Waals surface area contributed by atoms with Crippen LogP contribution in [0.15, 0.2) is 36.7 Å². The van der Waals surface area contributed by atoms with E-state index in [9.17, 15) is 4.79 Å². The van der Waals surface area contributed by atoms with Gasteiger partial charge in [0.1, 0.15) is 12.0 Å². The van der Waals surface area contributed by atoms with E-state index in [0.717, 1.165) is 44.0 Å². The lowest BCUT2D eigenvalue weighted by molar-refractivity contribution is -0.148. The van der Waals surface area contributed by atoms with Gasteiger partial charge in [-0.1, -0.05) is 18.2 Å². The summed E-state index contributed by atoms with van der Waals surface area (Å²) in [7, 11) is 0.